The van der Waals surface area contributed by atoms with Gasteiger partial charge in [-0.05, 0) is 24.0 Å². The number of hydrogen-bond acceptors (Lipinski definition) is 4. The van der Waals surface area contributed by atoms with Crippen LogP contribution in [-0.2, 0) is 24.9 Å². The average Bonchev–Trinajstić information content (AvgIpc) is 3.08. The molecule has 1 N–H and O–H groups in total. The summed E-state index contributed by atoms with van der Waals surface area (Å²) in [4.78, 5) is 21.4. The van der Waals surface area contributed by atoms with Gasteiger partial charge in [0.2, 0.25) is 0 Å². The van der Waals surface area contributed by atoms with E-state index in [1.54, 1.807) is 16.3 Å². The molecule has 4 rings (SSSR count). The third kappa shape index (κ3) is 3.56. The molecule has 0 saturated carbocycles. The lowest BCUT2D eigenvalue weighted by molar-refractivity contribution is 0.241. The molecule has 1 aliphatic heterocycles. The summed E-state index contributed by atoms with van der Waals surface area (Å²) in [7, 11) is 0. The molecule has 1 aliphatic rings. The molecule has 0 bridgehead atoms. The molecule has 3 aromatic rings. The van der Waals surface area contributed by atoms with Crippen molar-refractivity contribution in [2.45, 2.75) is 50.6 Å². The molecule has 1 aromatic carbocycles. The van der Waals surface area contributed by atoms with E-state index < -0.39 is 0 Å². The first-order chi connectivity index (χ1) is 12.8. The summed E-state index contributed by atoms with van der Waals surface area (Å²) in [5, 5.41) is 3.25. The van der Waals surface area contributed by atoms with Crippen LogP contribution in [0.25, 0.3) is 5.65 Å². The summed E-state index contributed by atoms with van der Waals surface area (Å²) in [5.41, 5.74) is 4.80. The summed E-state index contributed by atoms with van der Waals surface area (Å²) in [6, 6.07) is 10.7. The molecule has 0 aliphatic carbocycles. The van der Waals surface area contributed by atoms with Crippen LogP contribution in [0.2, 0.25) is 0 Å². The van der Waals surface area contributed by atoms with Gasteiger partial charge in [-0.2, -0.15) is 0 Å². The Morgan fingerprint density at radius 2 is 1.96 bits per heavy atom. The van der Waals surface area contributed by atoms with E-state index in [-0.39, 0.29) is 11.0 Å². The Morgan fingerprint density at radius 1 is 1.22 bits per heavy atom. The highest BCUT2D eigenvalue weighted by Crippen LogP contribution is 2.23. The van der Waals surface area contributed by atoms with Gasteiger partial charge in [-0.15, -0.1) is 11.8 Å². The van der Waals surface area contributed by atoms with Crippen LogP contribution in [0.5, 0.6) is 0 Å². The molecule has 0 spiro atoms. The van der Waals surface area contributed by atoms with Gasteiger partial charge in [0.05, 0.1) is 11.3 Å². The second-order valence-corrected chi connectivity index (χ2v) is 9.14. The van der Waals surface area contributed by atoms with Gasteiger partial charge in [-0.1, -0.05) is 32.9 Å². The van der Waals surface area contributed by atoms with E-state index in [1.165, 1.54) is 10.5 Å². The van der Waals surface area contributed by atoms with Gasteiger partial charge in [0.1, 0.15) is 0 Å². The van der Waals surface area contributed by atoms with Gasteiger partial charge in [-0.25, -0.2) is 9.50 Å². The summed E-state index contributed by atoms with van der Waals surface area (Å²) < 4.78 is 1.61. The molecule has 0 atom stereocenters. The van der Waals surface area contributed by atoms with Gasteiger partial charge in [-0.3, -0.25) is 14.8 Å². The molecule has 2 aromatic heterocycles. The van der Waals surface area contributed by atoms with Crippen LogP contribution < -0.4 is 5.56 Å². The Hall–Kier alpha value is -2.05. The molecule has 0 radical (unpaired) electrons. The van der Waals surface area contributed by atoms with Crippen LogP contribution in [0.4, 0.5) is 0 Å². The maximum Gasteiger partial charge on any atom is 0.277 e. The van der Waals surface area contributed by atoms with Crippen molar-refractivity contribution in [3.8, 4) is 0 Å². The smallest absolute Gasteiger partial charge is 0.277 e. The highest BCUT2D eigenvalue weighted by molar-refractivity contribution is 7.98. The van der Waals surface area contributed by atoms with Gasteiger partial charge < -0.3 is 0 Å². The lowest BCUT2D eigenvalue weighted by Gasteiger charge is -2.27. The lowest BCUT2D eigenvalue weighted by atomic mass is 9.93. The van der Waals surface area contributed by atoms with Crippen molar-refractivity contribution in [2.75, 3.05) is 12.8 Å². The zero-order valence-corrected chi connectivity index (χ0v) is 17.2. The van der Waals surface area contributed by atoms with Crippen molar-refractivity contribution < 1.29 is 0 Å². The Morgan fingerprint density at radius 3 is 2.63 bits per heavy atom. The van der Waals surface area contributed by atoms with E-state index >= 15 is 0 Å². The maximum absolute atomic E-state index is 13.1. The molecule has 142 valence electrons. The number of rotatable bonds is 3. The second-order valence-electron chi connectivity index (χ2n) is 8.26. The Labute approximate surface area is 163 Å². The third-order valence-corrected chi connectivity index (χ3v) is 5.96. The minimum atomic E-state index is -0.0460. The zero-order chi connectivity index (χ0) is 19.2. The number of nitrogens with zero attached hydrogens (tertiary/aromatic N) is 3. The van der Waals surface area contributed by atoms with Crippen molar-refractivity contribution in [1.29, 1.82) is 0 Å². The summed E-state index contributed by atoms with van der Waals surface area (Å²) in [5.74, 6) is 0. The summed E-state index contributed by atoms with van der Waals surface area (Å²) in [6.45, 7) is 8.83. The largest absolute Gasteiger partial charge is 0.294 e. The number of nitrogens with one attached hydrogen (secondary N) is 1. The average molecular weight is 383 g/mol. The Kier molecular flexibility index (Phi) is 4.64. The molecule has 3 heterocycles. The highest BCUT2D eigenvalue weighted by atomic mass is 32.2. The topological polar surface area (TPSA) is 53.4 Å². The fraction of sp³-hybridized carbons (Fsp3) is 0.429. The van der Waals surface area contributed by atoms with Crippen molar-refractivity contribution in [2.24, 2.45) is 0 Å². The molecular formula is C21H26N4OS. The van der Waals surface area contributed by atoms with E-state index in [1.807, 2.05) is 6.07 Å². The molecular weight excluding hydrogens is 356 g/mol. The summed E-state index contributed by atoms with van der Waals surface area (Å²) in [6.07, 6.45) is 2.91. The van der Waals surface area contributed by atoms with Crippen LogP contribution in [-0.4, -0.2) is 32.3 Å². The van der Waals surface area contributed by atoms with E-state index in [0.29, 0.717) is 6.54 Å². The van der Waals surface area contributed by atoms with Crippen LogP contribution in [0.1, 0.15) is 43.3 Å². The number of fused-ring (bicyclic) bond motifs is 2. The monoisotopic (exact) mass is 382 g/mol. The standard InChI is InChI=1S/C21H26N4OS/c1-21(2,3)18-11-19-22-17-9-10-24(13-16(17)20(26)25(19)23-18)12-14-5-7-15(27-4)8-6-14/h5-8,11,23H,9-10,12-13H2,1-4H3. The number of aromatic nitrogens is 3. The number of benzene rings is 1. The molecule has 0 saturated heterocycles. The van der Waals surface area contributed by atoms with Gasteiger partial charge >= 0.3 is 0 Å². The van der Waals surface area contributed by atoms with Crippen LogP contribution >= 0.6 is 11.8 Å². The third-order valence-electron chi connectivity index (χ3n) is 5.21. The van der Waals surface area contributed by atoms with Crippen molar-refractivity contribution in [3.05, 3.63) is 63.2 Å². The van der Waals surface area contributed by atoms with Gasteiger partial charge in [0, 0.05) is 48.1 Å². The molecule has 27 heavy (non-hydrogen) atoms. The van der Waals surface area contributed by atoms with Crippen LogP contribution in [0.15, 0.2) is 40.0 Å². The fourth-order valence-corrected chi connectivity index (χ4v) is 3.95. The van der Waals surface area contributed by atoms with Crippen LogP contribution in [0.3, 0.4) is 0 Å². The highest BCUT2D eigenvalue weighted by Gasteiger charge is 2.24. The van der Waals surface area contributed by atoms with Crippen molar-refractivity contribution >= 4 is 17.4 Å². The molecule has 0 unspecified atom stereocenters. The molecule has 6 heteroatoms. The predicted molar refractivity (Wildman–Crippen MR) is 111 cm³/mol. The van der Waals surface area contributed by atoms with E-state index in [2.05, 4.69) is 61.3 Å². The van der Waals surface area contributed by atoms with E-state index in [9.17, 15) is 4.79 Å². The van der Waals surface area contributed by atoms with Crippen molar-refractivity contribution in [1.82, 2.24) is 19.5 Å². The number of thioether (sulfide) groups is 1. The normalized spacial score (nSPS) is 15.3. The van der Waals surface area contributed by atoms with Crippen molar-refractivity contribution in [3.63, 3.8) is 0 Å². The molecule has 0 fully saturated rings. The van der Waals surface area contributed by atoms with Gasteiger partial charge in [0.25, 0.3) is 5.56 Å². The predicted octanol–water partition coefficient (Wildman–Crippen LogP) is 3.60. The Bertz CT molecular complexity index is 1030. The first-order valence-electron chi connectivity index (χ1n) is 9.34. The zero-order valence-electron chi connectivity index (χ0n) is 16.4. The number of H-pyrrole nitrogens is 1. The quantitative estimate of drug-likeness (QED) is 0.703. The molecule has 5 nitrogen and oxygen atoms in total. The lowest BCUT2D eigenvalue weighted by Crippen LogP contribution is -2.36. The molecule has 0 amide bonds. The SMILES string of the molecule is CSc1ccc(CN2CCc3nc4cc(C(C)(C)C)[nH]n4c(=O)c3C2)cc1. The van der Waals surface area contributed by atoms with Gasteiger partial charge in [0.15, 0.2) is 5.65 Å². The number of hydrogen-bond donors (Lipinski definition) is 1. The van der Waals surface area contributed by atoms with E-state index in [4.69, 9.17) is 4.98 Å². The van der Waals surface area contributed by atoms with E-state index in [0.717, 1.165) is 42.1 Å². The first kappa shape index (κ1) is 18.3. The minimum absolute atomic E-state index is 0.0351. The minimum Gasteiger partial charge on any atom is -0.294 e. The fourth-order valence-electron chi connectivity index (χ4n) is 3.55. The van der Waals surface area contributed by atoms with Crippen LogP contribution in [0, 0.1) is 0 Å². The Balaban J connectivity index is 1.62. The summed E-state index contributed by atoms with van der Waals surface area (Å²) >= 11 is 1.75. The maximum atomic E-state index is 13.1. The second kappa shape index (κ2) is 6.84. The number of aromatic amines is 1. The first-order valence-corrected chi connectivity index (χ1v) is 10.6.